The Morgan fingerprint density at radius 2 is 1.96 bits per heavy atom. The largest absolute Gasteiger partial charge is 0.423 e. The summed E-state index contributed by atoms with van der Waals surface area (Å²) >= 11 is 1.37. The van der Waals surface area contributed by atoms with Crippen LogP contribution in [0, 0.1) is 0 Å². The summed E-state index contributed by atoms with van der Waals surface area (Å²) in [5, 5.41) is 12.7. The zero-order chi connectivity index (χ0) is 19.5. The molecule has 0 saturated heterocycles. The van der Waals surface area contributed by atoms with Gasteiger partial charge in [-0.25, -0.2) is 9.48 Å². The summed E-state index contributed by atoms with van der Waals surface area (Å²) in [5.41, 5.74) is 2.52. The van der Waals surface area contributed by atoms with Gasteiger partial charge < -0.3 is 10.1 Å². The minimum Gasteiger partial charge on any atom is -0.423 e. The molecule has 0 fully saturated rings. The second-order valence-corrected chi connectivity index (χ2v) is 6.90. The summed E-state index contributed by atoms with van der Waals surface area (Å²) in [6.07, 6.45) is 0. The number of aromatic nitrogens is 3. The first-order valence-corrected chi connectivity index (χ1v) is 9.52. The zero-order valence-electron chi connectivity index (χ0n) is 15.0. The van der Waals surface area contributed by atoms with E-state index < -0.39 is 5.97 Å². The lowest BCUT2D eigenvalue weighted by Gasteiger charge is -2.07. The number of ether oxygens (including phenoxy) is 1. The summed E-state index contributed by atoms with van der Waals surface area (Å²) in [7, 11) is 0. The van der Waals surface area contributed by atoms with Crippen molar-refractivity contribution >= 4 is 39.9 Å². The minimum atomic E-state index is -0.483. The van der Waals surface area contributed by atoms with Crippen molar-refractivity contribution in [2.45, 2.75) is 13.5 Å². The van der Waals surface area contributed by atoms with E-state index in [-0.39, 0.29) is 5.91 Å². The number of nitrogens with one attached hydrogen (secondary N) is 1. The van der Waals surface area contributed by atoms with Crippen molar-refractivity contribution in [2.75, 3.05) is 5.32 Å². The molecule has 8 heteroatoms. The average molecular weight is 392 g/mol. The molecule has 0 aliphatic carbocycles. The quantitative estimate of drug-likeness (QED) is 0.410. The van der Waals surface area contributed by atoms with E-state index in [0.29, 0.717) is 33.9 Å². The Morgan fingerprint density at radius 3 is 2.68 bits per heavy atom. The van der Waals surface area contributed by atoms with Crippen molar-refractivity contribution in [1.29, 1.82) is 0 Å². The molecule has 2 heterocycles. The molecule has 0 spiro atoms. The number of amides is 1. The molecule has 1 amide bonds. The lowest BCUT2D eigenvalue weighted by atomic mass is 10.2. The molecule has 0 radical (unpaired) electrons. The van der Waals surface area contributed by atoms with Crippen molar-refractivity contribution in [3.63, 3.8) is 0 Å². The van der Waals surface area contributed by atoms with Crippen LogP contribution in [0.2, 0.25) is 0 Å². The normalized spacial score (nSPS) is 10.8. The van der Waals surface area contributed by atoms with Crippen molar-refractivity contribution in [3.8, 4) is 5.75 Å². The second kappa shape index (κ2) is 7.61. The van der Waals surface area contributed by atoms with Gasteiger partial charge in [0, 0.05) is 12.2 Å². The van der Waals surface area contributed by atoms with Gasteiger partial charge in [-0.1, -0.05) is 11.3 Å². The molecule has 2 aromatic heterocycles. The lowest BCUT2D eigenvalue weighted by molar-refractivity contribution is 0.0734. The van der Waals surface area contributed by atoms with Gasteiger partial charge in [0.2, 0.25) is 0 Å². The van der Waals surface area contributed by atoms with Gasteiger partial charge in [0.25, 0.3) is 5.91 Å². The third-order valence-electron chi connectivity index (χ3n) is 4.12. The van der Waals surface area contributed by atoms with Gasteiger partial charge in [-0.05, 0) is 60.8 Å². The van der Waals surface area contributed by atoms with Crippen LogP contribution < -0.4 is 10.1 Å². The van der Waals surface area contributed by atoms with Gasteiger partial charge in [0.15, 0.2) is 0 Å². The standard InChI is InChI=1S/C20H16N4O3S/c1-2-24-17-10-5-13(12-16(17)22-23-24)20(26)27-15-8-6-14(7-9-15)21-19(25)18-4-3-11-28-18/h3-12H,2H2,1H3,(H,21,25). The highest BCUT2D eigenvalue weighted by Crippen LogP contribution is 2.20. The second-order valence-electron chi connectivity index (χ2n) is 5.95. The molecule has 0 unspecified atom stereocenters. The molecule has 0 bridgehead atoms. The molecule has 28 heavy (non-hydrogen) atoms. The Morgan fingerprint density at radius 1 is 1.14 bits per heavy atom. The van der Waals surface area contributed by atoms with E-state index in [1.165, 1.54) is 11.3 Å². The Kier molecular flexibility index (Phi) is 4.86. The number of hydrogen-bond acceptors (Lipinski definition) is 6. The Labute approximate surface area is 164 Å². The number of carbonyl (C=O) groups is 2. The van der Waals surface area contributed by atoms with Crippen LogP contribution in [0.25, 0.3) is 11.0 Å². The molecule has 0 atom stereocenters. The number of anilines is 1. The molecule has 0 saturated carbocycles. The minimum absolute atomic E-state index is 0.173. The first kappa shape index (κ1) is 17.9. The Bertz CT molecular complexity index is 1130. The van der Waals surface area contributed by atoms with Gasteiger partial charge in [-0.3, -0.25) is 4.79 Å². The molecule has 0 aliphatic rings. The monoisotopic (exact) mass is 392 g/mol. The number of thiophene rings is 1. The van der Waals surface area contributed by atoms with Crippen LogP contribution in [-0.4, -0.2) is 26.9 Å². The number of esters is 1. The van der Waals surface area contributed by atoms with Crippen LogP contribution in [0.1, 0.15) is 27.0 Å². The number of hydrogen-bond donors (Lipinski definition) is 1. The van der Waals surface area contributed by atoms with Crippen molar-refractivity contribution in [3.05, 3.63) is 70.4 Å². The molecule has 4 aromatic rings. The highest BCUT2D eigenvalue weighted by Gasteiger charge is 2.12. The zero-order valence-corrected chi connectivity index (χ0v) is 15.8. The smallest absolute Gasteiger partial charge is 0.343 e. The summed E-state index contributed by atoms with van der Waals surface area (Å²) in [6, 6.07) is 15.4. The molecular formula is C20H16N4O3S. The fraction of sp³-hybridized carbons (Fsp3) is 0.100. The van der Waals surface area contributed by atoms with E-state index in [1.807, 2.05) is 18.4 Å². The van der Waals surface area contributed by atoms with Crippen LogP contribution in [0.4, 0.5) is 5.69 Å². The summed E-state index contributed by atoms with van der Waals surface area (Å²) in [4.78, 5) is 25.1. The average Bonchev–Trinajstić information content (AvgIpc) is 3.38. The maximum atomic E-state index is 12.4. The van der Waals surface area contributed by atoms with Crippen LogP contribution in [-0.2, 0) is 6.54 Å². The van der Waals surface area contributed by atoms with Crippen molar-refractivity contribution in [2.24, 2.45) is 0 Å². The van der Waals surface area contributed by atoms with Crippen LogP contribution >= 0.6 is 11.3 Å². The fourth-order valence-electron chi connectivity index (χ4n) is 2.71. The molecule has 4 rings (SSSR count). The molecule has 0 aliphatic heterocycles. The van der Waals surface area contributed by atoms with Crippen molar-refractivity contribution < 1.29 is 14.3 Å². The third kappa shape index (κ3) is 3.63. The van der Waals surface area contributed by atoms with Gasteiger partial charge in [-0.15, -0.1) is 16.4 Å². The first-order valence-electron chi connectivity index (χ1n) is 8.64. The summed E-state index contributed by atoms with van der Waals surface area (Å²) < 4.78 is 7.17. The predicted molar refractivity (Wildman–Crippen MR) is 107 cm³/mol. The van der Waals surface area contributed by atoms with Crippen LogP contribution in [0.3, 0.4) is 0 Å². The van der Waals surface area contributed by atoms with E-state index in [1.54, 1.807) is 53.2 Å². The van der Waals surface area contributed by atoms with E-state index in [0.717, 1.165) is 5.52 Å². The molecular weight excluding hydrogens is 376 g/mol. The number of benzene rings is 2. The maximum absolute atomic E-state index is 12.4. The van der Waals surface area contributed by atoms with E-state index in [4.69, 9.17) is 4.74 Å². The van der Waals surface area contributed by atoms with Crippen molar-refractivity contribution in [1.82, 2.24) is 15.0 Å². The molecule has 7 nitrogen and oxygen atoms in total. The third-order valence-corrected chi connectivity index (χ3v) is 4.99. The first-order chi connectivity index (χ1) is 13.6. The number of carbonyl (C=O) groups excluding carboxylic acids is 2. The maximum Gasteiger partial charge on any atom is 0.343 e. The highest BCUT2D eigenvalue weighted by atomic mass is 32.1. The van der Waals surface area contributed by atoms with Gasteiger partial charge in [0.05, 0.1) is 16.0 Å². The summed E-state index contributed by atoms with van der Waals surface area (Å²) in [6.45, 7) is 2.68. The number of aryl methyl sites for hydroxylation is 1. The Hall–Kier alpha value is -3.52. The topological polar surface area (TPSA) is 86.1 Å². The predicted octanol–water partition coefficient (Wildman–Crippen LogP) is 3.98. The SMILES string of the molecule is CCn1nnc2cc(C(=O)Oc3ccc(NC(=O)c4cccs4)cc3)ccc21. The summed E-state index contributed by atoms with van der Waals surface area (Å²) in [5.74, 6) is -0.270. The van der Waals surface area contributed by atoms with E-state index >= 15 is 0 Å². The Balaban J connectivity index is 1.44. The molecule has 140 valence electrons. The molecule has 2 aromatic carbocycles. The number of fused-ring (bicyclic) bond motifs is 1. The number of nitrogens with zero attached hydrogens (tertiary/aromatic N) is 3. The van der Waals surface area contributed by atoms with Crippen LogP contribution in [0.15, 0.2) is 60.0 Å². The van der Waals surface area contributed by atoms with E-state index in [9.17, 15) is 9.59 Å². The van der Waals surface area contributed by atoms with E-state index in [2.05, 4.69) is 15.6 Å². The fourth-order valence-corrected chi connectivity index (χ4v) is 3.32. The lowest BCUT2D eigenvalue weighted by Crippen LogP contribution is -2.10. The van der Waals surface area contributed by atoms with Gasteiger partial charge in [0.1, 0.15) is 11.3 Å². The molecule has 1 N–H and O–H groups in total. The van der Waals surface area contributed by atoms with Gasteiger partial charge >= 0.3 is 5.97 Å². The van der Waals surface area contributed by atoms with Gasteiger partial charge in [-0.2, -0.15) is 0 Å². The van der Waals surface area contributed by atoms with Crippen LogP contribution in [0.5, 0.6) is 5.75 Å². The highest BCUT2D eigenvalue weighted by molar-refractivity contribution is 7.12. The number of rotatable bonds is 5.